The normalized spacial score (nSPS) is 15.8. The van der Waals surface area contributed by atoms with Crippen LogP contribution >= 0.6 is 11.3 Å². The fourth-order valence-electron chi connectivity index (χ4n) is 4.77. The summed E-state index contributed by atoms with van der Waals surface area (Å²) in [7, 11) is 1.70. The van der Waals surface area contributed by atoms with Crippen LogP contribution in [0.1, 0.15) is 44.2 Å². The van der Waals surface area contributed by atoms with Crippen LogP contribution < -0.4 is 15.6 Å². The zero-order valence-electron chi connectivity index (χ0n) is 17.3. The molecule has 2 aromatic carbocycles. The second kappa shape index (κ2) is 7.89. The first-order valence-electron chi connectivity index (χ1n) is 10.6. The number of ether oxygens (including phenoxy) is 1. The van der Waals surface area contributed by atoms with Crippen molar-refractivity contribution < 1.29 is 4.74 Å². The van der Waals surface area contributed by atoms with E-state index < -0.39 is 0 Å². The number of pyridine rings is 1. The van der Waals surface area contributed by atoms with Crippen LogP contribution in [0.25, 0.3) is 32.1 Å². The van der Waals surface area contributed by atoms with Gasteiger partial charge in [0.1, 0.15) is 10.4 Å². The van der Waals surface area contributed by atoms with Gasteiger partial charge in [-0.2, -0.15) is 0 Å². The Morgan fingerprint density at radius 1 is 1.10 bits per heavy atom. The van der Waals surface area contributed by atoms with Gasteiger partial charge in [0.05, 0.1) is 7.11 Å². The Balaban J connectivity index is 1.60. The maximum atomic E-state index is 12.4. The maximum Gasteiger partial charge on any atom is 0.266 e. The molecule has 1 atom stereocenters. The monoisotopic (exact) mass is 418 g/mol. The number of aromatic nitrogens is 1. The van der Waals surface area contributed by atoms with Crippen molar-refractivity contribution in [1.82, 2.24) is 10.3 Å². The Morgan fingerprint density at radius 3 is 2.60 bits per heavy atom. The molecule has 0 aliphatic heterocycles. The molecule has 5 heteroatoms. The molecule has 1 unspecified atom stereocenters. The third-order valence-corrected chi connectivity index (χ3v) is 7.23. The predicted molar refractivity (Wildman–Crippen MR) is 126 cm³/mol. The van der Waals surface area contributed by atoms with E-state index in [-0.39, 0.29) is 5.56 Å². The Bertz CT molecular complexity index is 1250. The van der Waals surface area contributed by atoms with Gasteiger partial charge in [0.2, 0.25) is 0 Å². The summed E-state index contributed by atoms with van der Waals surface area (Å²) < 4.78 is 6.48. The van der Waals surface area contributed by atoms with Crippen LogP contribution in [-0.2, 0) is 0 Å². The summed E-state index contributed by atoms with van der Waals surface area (Å²) in [6.45, 7) is 2.24. The second-order valence-corrected chi connectivity index (χ2v) is 9.09. The molecule has 1 fully saturated rings. The van der Waals surface area contributed by atoms with E-state index in [1.807, 2.05) is 23.6 Å². The van der Waals surface area contributed by atoms with Crippen molar-refractivity contribution in [3.8, 4) is 16.9 Å². The SMILES string of the molecule is COc1ccc2[nH]c(=O)c3sccc3c2c1-c1ccc(C(C)NC2CCCC2)cc1. The molecule has 2 heterocycles. The van der Waals surface area contributed by atoms with Gasteiger partial charge in [-0.05, 0) is 54.5 Å². The van der Waals surface area contributed by atoms with Crippen LogP contribution in [0.2, 0.25) is 0 Å². The zero-order chi connectivity index (χ0) is 20.7. The van der Waals surface area contributed by atoms with Crippen LogP contribution in [-0.4, -0.2) is 18.1 Å². The van der Waals surface area contributed by atoms with E-state index in [9.17, 15) is 4.79 Å². The smallest absolute Gasteiger partial charge is 0.266 e. The van der Waals surface area contributed by atoms with Gasteiger partial charge in [-0.15, -0.1) is 11.3 Å². The Morgan fingerprint density at radius 2 is 1.87 bits per heavy atom. The molecule has 30 heavy (non-hydrogen) atoms. The van der Waals surface area contributed by atoms with Gasteiger partial charge < -0.3 is 15.0 Å². The lowest BCUT2D eigenvalue weighted by Crippen LogP contribution is -2.28. The van der Waals surface area contributed by atoms with Crippen molar-refractivity contribution in [3.63, 3.8) is 0 Å². The Kier molecular flexibility index (Phi) is 5.09. The fourth-order valence-corrected chi connectivity index (χ4v) is 5.56. The van der Waals surface area contributed by atoms with Crippen LogP contribution in [0.5, 0.6) is 5.75 Å². The maximum absolute atomic E-state index is 12.4. The quantitative estimate of drug-likeness (QED) is 0.417. The fraction of sp³-hybridized carbons (Fsp3) is 0.320. The number of fused-ring (bicyclic) bond motifs is 3. The lowest BCUT2D eigenvalue weighted by molar-refractivity contribution is 0.417. The lowest BCUT2D eigenvalue weighted by atomic mass is 9.95. The zero-order valence-corrected chi connectivity index (χ0v) is 18.1. The molecule has 0 saturated heterocycles. The van der Waals surface area contributed by atoms with E-state index in [1.165, 1.54) is 42.6 Å². The molecule has 2 N–H and O–H groups in total. The van der Waals surface area contributed by atoms with Gasteiger partial charge in [-0.25, -0.2) is 0 Å². The Labute approximate surface area is 179 Å². The summed E-state index contributed by atoms with van der Waals surface area (Å²) in [5.41, 5.74) is 4.21. The molecule has 0 amide bonds. The van der Waals surface area contributed by atoms with Gasteiger partial charge in [0.25, 0.3) is 5.56 Å². The number of aromatic amines is 1. The largest absolute Gasteiger partial charge is 0.496 e. The second-order valence-electron chi connectivity index (χ2n) is 8.17. The third kappa shape index (κ3) is 3.32. The molecule has 154 valence electrons. The molecule has 1 aliphatic carbocycles. The predicted octanol–water partition coefficient (Wildman–Crippen LogP) is 6.01. The molecule has 1 aliphatic rings. The van der Waals surface area contributed by atoms with E-state index in [0.717, 1.165) is 37.9 Å². The first-order valence-corrected chi connectivity index (χ1v) is 11.5. The molecule has 0 spiro atoms. The van der Waals surface area contributed by atoms with E-state index in [2.05, 4.69) is 41.5 Å². The van der Waals surface area contributed by atoms with Gasteiger partial charge in [-0.1, -0.05) is 37.1 Å². The van der Waals surface area contributed by atoms with E-state index in [1.54, 1.807) is 7.11 Å². The molecule has 2 aromatic heterocycles. The minimum absolute atomic E-state index is 0.0363. The Hall–Kier alpha value is -2.63. The third-order valence-electron chi connectivity index (χ3n) is 6.32. The van der Waals surface area contributed by atoms with Crippen molar-refractivity contribution in [3.05, 3.63) is 63.8 Å². The van der Waals surface area contributed by atoms with Crippen molar-refractivity contribution in [2.45, 2.75) is 44.7 Å². The van der Waals surface area contributed by atoms with Crippen molar-refractivity contribution in [2.24, 2.45) is 0 Å². The molecular weight excluding hydrogens is 392 g/mol. The van der Waals surface area contributed by atoms with Gasteiger partial charge in [0.15, 0.2) is 0 Å². The topological polar surface area (TPSA) is 54.1 Å². The molecule has 1 saturated carbocycles. The molecule has 0 bridgehead atoms. The summed E-state index contributed by atoms with van der Waals surface area (Å²) in [5.74, 6) is 0.812. The minimum Gasteiger partial charge on any atom is -0.496 e. The van der Waals surface area contributed by atoms with Crippen LogP contribution in [0.4, 0.5) is 0 Å². The average molecular weight is 419 g/mol. The molecule has 4 nitrogen and oxygen atoms in total. The van der Waals surface area contributed by atoms with E-state index >= 15 is 0 Å². The summed E-state index contributed by atoms with van der Waals surface area (Å²) in [5, 5.41) is 7.76. The highest BCUT2D eigenvalue weighted by Crippen LogP contribution is 2.40. The van der Waals surface area contributed by atoms with Gasteiger partial charge in [0, 0.05) is 33.9 Å². The minimum atomic E-state index is -0.0363. The van der Waals surface area contributed by atoms with Crippen LogP contribution in [0.3, 0.4) is 0 Å². The standard InChI is InChI=1S/C25H26N2O2S/c1-15(26-18-5-3-4-6-18)16-7-9-17(10-8-16)22-21(29-2)12-11-20-23(22)19-13-14-30-24(19)25(28)27-20/h7-15,18,26H,3-6H2,1-2H3,(H,27,28). The van der Waals surface area contributed by atoms with Gasteiger partial charge in [-0.3, -0.25) is 4.79 Å². The highest BCUT2D eigenvalue weighted by atomic mass is 32.1. The van der Waals surface area contributed by atoms with Crippen LogP contribution in [0.15, 0.2) is 52.6 Å². The summed E-state index contributed by atoms with van der Waals surface area (Å²) >= 11 is 1.47. The van der Waals surface area contributed by atoms with Crippen molar-refractivity contribution in [1.29, 1.82) is 0 Å². The molecule has 4 aromatic rings. The molecule has 5 rings (SSSR count). The average Bonchev–Trinajstić information content (AvgIpc) is 3.45. The van der Waals surface area contributed by atoms with Crippen LogP contribution in [0, 0.1) is 0 Å². The number of benzene rings is 2. The first kappa shape index (κ1) is 19.3. The summed E-state index contributed by atoms with van der Waals surface area (Å²) in [6.07, 6.45) is 5.24. The first-order chi connectivity index (χ1) is 14.7. The summed E-state index contributed by atoms with van der Waals surface area (Å²) in [4.78, 5) is 15.5. The molecule has 0 radical (unpaired) electrons. The number of nitrogens with one attached hydrogen (secondary N) is 2. The number of methoxy groups -OCH3 is 1. The molecular formula is C25H26N2O2S. The van der Waals surface area contributed by atoms with Crippen molar-refractivity contribution in [2.75, 3.05) is 7.11 Å². The van der Waals surface area contributed by atoms with Gasteiger partial charge >= 0.3 is 0 Å². The van der Waals surface area contributed by atoms with E-state index in [0.29, 0.717) is 12.1 Å². The number of thiophene rings is 1. The number of H-pyrrole nitrogens is 1. The number of rotatable bonds is 5. The van der Waals surface area contributed by atoms with E-state index in [4.69, 9.17) is 4.74 Å². The summed E-state index contributed by atoms with van der Waals surface area (Å²) in [6, 6.07) is 15.6. The lowest BCUT2D eigenvalue weighted by Gasteiger charge is -2.20. The number of hydrogen-bond donors (Lipinski definition) is 2. The highest BCUT2D eigenvalue weighted by molar-refractivity contribution is 7.17. The van der Waals surface area contributed by atoms with Crippen molar-refractivity contribution >= 4 is 32.3 Å². The highest BCUT2D eigenvalue weighted by Gasteiger charge is 2.19. The number of hydrogen-bond acceptors (Lipinski definition) is 4.